The maximum Gasteiger partial charge on any atom is 0.227 e. The zero-order valence-electron chi connectivity index (χ0n) is 9.29. The van der Waals surface area contributed by atoms with Gasteiger partial charge in [-0.2, -0.15) is 5.26 Å². The van der Waals surface area contributed by atoms with Crippen LogP contribution in [0.15, 0.2) is 18.2 Å². The standard InChI is InChI=1S/C13H14N2O/c1-9-5-6-10(8-14)7-12(9)15-13(16)11-3-2-4-11/h5-7,11H,2-4H2,1H3,(H,15,16). The molecule has 0 atom stereocenters. The van der Waals surface area contributed by atoms with Crippen LogP contribution in [0, 0.1) is 24.2 Å². The fraction of sp³-hybridized carbons (Fsp3) is 0.385. The van der Waals surface area contributed by atoms with Gasteiger partial charge in [-0.1, -0.05) is 12.5 Å². The number of benzene rings is 1. The molecule has 3 nitrogen and oxygen atoms in total. The molecule has 1 fully saturated rings. The van der Waals surface area contributed by atoms with Crippen LogP contribution in [-0.4, -0.2) is 5.91 Å². The van der Waals surface area contributed by atoms with Crippen LogP contribution in [0.2, 0.25) is 0 Å². The number of hydrogen-bond acceptors (Lipinski definition) is 2. The van der Waals surface area contributed by atoms with Crippen LogP contribution in [-0.2, 0) is 4.79 Å². The molecule has 3 heteroatoms. The second-order valence-corrected chi connectivity index (χ2v) is 4.26. The lowest BCUT2D eigenvalue weighted by molar-refractivity contribution is -0.122. The van der Waals surface area contributed by atoms with Gasteiger partial charge >= 0.3 is 0 Å². The third-order valence-corrected chi connectivity index (χ3v) is 3.10. The van der Waals surface area contributed by atoms with Crippen LogP contribution >= 0.6 is 0 Å². The number of aryl methyl sites for hydroxylation is 1. The zero-order valence-corrected chi connectivity index (χ0v) is 9.29. The van der Waals surface area contributed by atoms with Gasteiger partial charge in [0.15, 0.2) is 0 Å². The third kappa shape index (κ3) is 2.06. The quantitative estimate of drug-likeness (QED) is 0.822. The summed E-state index contributed by atoms with van der Waals surface area (Å²) in [6.45, 7) is 1.93. The molecule has 16 heavy (non-hydrogen) atoms. The molecule has 1 saturated carbocycles. The number of anilines is 1. The van der Waals surface area contributed by atoms with Crippen molar-refractivity contribution in [3.8, 4) is 6.07 Å². The molecule has 1 aliphatic carbocycles. The Balaban J connectivity index is 2.13. The Morgan fingerprint density at radius 2 is 2.25 bits per heavy atom. The van der Waals surface area contributed by atoms with E-state index in [1.807, 2.05) is 13.0 Å². The largest absolute Gasteiger partial charge is 0.326 e. The van der Waals surface area contributed by atoms with E-state index in [9.17, 15) is 4.79 Å². The molecule has 0 radical (unpaired) electrons. The maximum absolute atomic E-state index is 11.8. The Hall–Kier alpha value is -1.82. The lowest BCUT2D eigenvalue weighted by Gasteiger charge is -2.24. The summed E-state index contributed by atoms with van der Waals surface area (Å²) in [5, 5.41) is 11.7. The lowest BCUT2D eigenvalue weighted by atomic mass is 9.85. The Bertz CT molecular complexity index is 455. The fourth-order valence-electron chi connectivity index (χ4n) is 1.73. The number of nitriles is 1. The van der Waals surface area contributed by atoms with Gasteiger partial charge < -0.3 is 5.32 Å². The zero-order chi connectivity index (χ0) is 11.5. The van der Waals surface area contributed by atoms with Gasteiger partial charge in [0.1, 0.15) is 0 Å². The average molecular weight is 214 g/mol. The van der Waals surface area contributed by atoms with E-state index in [1.54, 1.807) is 12.1 Å². The van der Waals surface area contributed by atoms with Crippen LogP contribution < -0.4 is 5.32 Å². The topological polar surface area (TPSA) is 52.9 Å². The normalized spacial score (nSPS) is 15.0. The fourth-order valence-corrected chi connectivity index (χ4v) is 1.73. The highest BCUT2D eigenvalue weighted by Crippen LogP contribution is 2.28. The first kappa shape index (κ1) is 10.7. The number of amides is 1. The number of carbonyl (C=O) groups is 1. The molecule has 1 aromatic carbocycles. The van der Waals surface area contributed by atoms with E-state index >= 15 is 0 Å². The van der Waals surface area contributed by atoms with Gasteiger partial charge in [-0.05, 0) is 37.5 Å². The maximum atomic E-state index is 11.8. The van der Waals surface area contributed by atoms with Crippen molar-refractivity contribution in [2.24, 2.45) is 5.92 Å². The number of nitrogens with zero attached hydrogens (tertiary/aromatic N) is 1. The van der Waals surface area contributed by atoms with Crippen molar-refractivity contribution in [3.63, 3.8) is 0 Å². The van der Waals surface area contributed by atoms with Gasteiger partial charge in [0, 0.05) is 11.6 Å². The van der Waals surface area contributed by atoms with Gasteiger partial charge in [-0.3, -0.25) is 4.79 Å². The molecule has 2 rings (SSSR count). The molecule has 0 unspecified atom stereocenters. The van der Waals surface area contributed by atoms with Crippen LogP contribution in [0.25, 0.3) is 0 Å². The summed E-state index contributed by atoms with van der Waals surface area (Å²) < 4.78 is 0. The summed E-state index contributed by atoms with van der Waals surface area (Å²) in [6, 6.07) is 7.42. The average Bonchev–Trinajstić information content (AvgIpc) is 2.18. The van der Waals surface area contributed by atoms with Gasteiger partial charge in [-0.25, -0.2) is 0 Å². The first-order valence-electron chi connectivity index (χ1n) is 5.52. The second-order valence-electron chi connectivity index (χ2n) is 4.26. The van der Waals surface area contributed by atoms with E-state index in [-0.39, 0.29) is 11.8 Å². The predicted octanol–water partition coefficient (Wildman–Crippen LogP) is 2.61. The Labute approximate surface area is 95.1 Å². The first-order valence-corrected chi connectivity index (χ1v) is 5.52. The van der Waals surface area contributed by atoms with E-state index in [2.05, 4.69) is 11.4 Å². The van der Waals surface area contributed by atoms with Crippen molar-refractivity contribution in [3.05, 3.63) is 29.3 Å². The molecule has 82 valence electrons. The Morgan fingerprint density at radius 3 is 2.81 bits per heavy atom. The molecule has 0 aliphatic heterocycles. The van der Waals surface area contributed by atoms with Crippen LogP contribution in [0.1, 0.15) is 30.4 Å². The molecule has 0 bridgehead atoms. The summed E-state index contributed by atoms with van der Waals surface area (Å²) in [5.41, 5.74) is 2.33. The molecule has 1 N–H and O–H groups in total. The molecule has 0 spiro atoms. The van der Waals surface area contributed by atoms with Crippen molar-refractivity contribution in [2.75, 3.05) is 5.32 Å². The molecule has 0 saturated heterocycles. The van der Waals surface area contributed by atoms with Crippen LogP contribution in [0.5, 0.6) is 0 Å². The highest BCUT2D eigenvalue weighted by molar-refractivity contribution is 5.93. The lowest BCUT2D eigenvalue weighted by Crippen LogP contribution is -2.28. The molecule has 0 heterocycles. The molecular weight excluding hydrogens is 200 g/mol. The van der Waals surface area contributed by atoms with Crippen molar-refractivity contribution in [2.45, 2.75) is 26.2 Å². The minimum absolute atomic E-state index is 0.0874. The first-order chi connectivity index (χ1) is 7.70. The van der Waals surface area contributed by atoms with Gasteiger partial charge in [0.05, 0.1) is 11.6 Å². The summed E-state index contributed by atoms with van der Waals surface area (Å²) in [7, 11) is 0. The summed E-state index contributed by atoms with van der Waals surface area (Å²) in [6.07, 6.45) is 3.13. The number of hydrogen-bond donors (Lipinski definition) is 1. The van der Waals surface area contributed by atoms with Crippen LogP contribution in [0.3, 0.4) is 0 Å². The predicted molar refractivity (Wildman–Crippen MR) is 61.9 cm³/mol. The Kier molecular flexibility index (Phi) is 2.91. The number of rotatable bonds is 2. The molecule has 1 amide bonds. The van der Waals surface area contributed by atoms with Crippen molar-refractivity contribution < 1.29 is 4.79 Å². The smallest absolute Gasteiger partial charge is 0.227 e. The number of nitrogens with one attached hydrogen (secondary N) is 1. The van der Waals surface area contributed by atoms with Gasteiger partial charge in [-0.15, -0.1) is 0 Å². The molecular formula is C13H14N2O. The molecule has 1 aromatic rings. The molecule has 0 aromatic heterocycles. The van der Waals surface area contributed by atoms with E-state index in [1.165, 1.54) is 0 Å². The van der Waals surface area contributed by atoms with Crippen molar-refractivity contribution in [1.82, 2.24) is 0 Å². The van der Waals surface area contributed by atoms with Crippen molar-refractivity contribution in [1.29, 1.82) is 5.26 Å². The second kappa shape index (κ2) is 4.36. The summed E-state index contributed by atoms with van der Waals surface area (Å²) in [5.74, 6) is 0.259. The minimum atomic E-state index is 0.0874. The minimum Gasteiger partial charge on any atom is -0.326 e. The highest BCUT2D eigenvalue weighted by atomic mass is 16.1. The third-order valence-electron chi connectivity index (χ3n) is 3.10. The SMILES string of the molecule is Cc1ccc(C#N)cc1NC(=O)C1CCC1. The summed E-state index contributed by atoms with van der Waals surface area (Å²) >= 11 is 0. The monoisotopic (exact) mass is 214 g/mol. The van der Waals surface area contributed by atoms with E-state index in [0.29, 0.717) is 5.56 Å². The van der Waals surface area contributed by atoms with Gasteiger partial charge in [0.25, 0.3) is 0 Å². The van der Waals surface area contributed by atoms with Crippen LogP contribution in [0.4, 0.5) is 5.69 Å². The highest BCUT2D eigenvalue weighted by Gasteiger charge is 2.25. The van der Waals surface area contributed by atoms with E-state index < -0.39 is 0 Å². The van der Waals surface area contributed by atoms with Crippen molar-refractivity contribution >= 4 is 11.6 Å². The summed E-state index contributed by atoms with van der Waals surface area (Å²) in [4.78, 5) is 11.8. The van der Waals surface area contributed by atoms with E-state index in [0.717, 1.165) is 30.5 Å². The van der Waals surface area contributed by atoms with E-state index in [4.69, 9.17) is 5.26 Å². The Morgan fingerprint density at radius 1 is 1.50 bits per heavy atom. The van der Waals surface area contributed by atoms with Gasteiger partial charge in [0.2, 0.25) is 5.91 Å². The molecule has 1 aliphatic rings. The number of carbonyl (C=O) groups excluding carboxylic acids is 1.